The van der Waals surface area contributed by atoms with Crippen LogP contribution in [0.15, 0.2) is 36.7 Å². The van der Waals surface area contributed by atoms with E-state index in [4.69, 9.17) is 4.74 Å². The zero-order valence-electron chi connectivity index (χ0n) is 23.1. The average molecular weight is 612 g/mol. The van der Waals surface area contributed by atoms with Gasteiger partial charge in [0, 0.05) is 48.3 Å². The summed E-state index contributed by atoms with van der Waals surface area (Å²) in [4.78, 5) is 12.8. The fraction of sp³-hybridized carbons (Fsp3) is 0.393. The Balaban J connectivity index is 1.62. The first kappa shape index (κ1) is 30.2. The summed E-state index contributed by atoms with van der Waals surface area (Å²) in [5, 5.41) is 20.2. The molecule has 2 heterocycles. The number of hydrogen-bond donors (Lipinski definition) is 2. The molecule has 1 fully saturated rings. The number of amides is 1. The highest BCUT2D eigenvalue weighted by molar-refractivity contribution is 6.03. The molecule has 0 spiro atoms. The molecule has 0 aliphatic heterocycles. The molecule has 2 atom stereocenters. The predicted octanol–water partition coefficient (Wildman–Crippen LogP) is 5.56. The Morgan fingerprint density at radius 3 is 2.44 bits per heavy atom. The molecule has 1 saturated carbocycles. The van der Waals surface area contributed by atoms with Gasteiger partial charge in [0.05, 0.1) is 36.7 Å². The van der Waals surface area contributed by atoms with Crippen LogP contribution in [0.2, 0.25) is 0 Å². The van der Waals surface area contributed by atoms with E-state index in [0.29, 0.717) is 24.1 Å². The maximum absolute atomic E-state index is 14.5. The number of hydrogen-bond acceptors (Lipinski definition) is 6. The molecular weight excluding hydrogens is 584 g/mol. The molecule has 9 nitrogen and oxygen atoms in total. The van der Waals surface area contributed by atoms with Gasteiger partial charge in [-0.2, -0.15) is 19.0 Å². The van der Waals surface area contributed by atoms with Crippen molar-refractivity contribution in [1.29, 1.82) is 0 Å². The molecule has 43 heavy (non-hydrogen) atoms. The van der Waals surface area contributed by atoms with E-state index in [1.54, 1.807) is 23.9 Å². The molecule has 0 radical (unpaired) electrons. The number of aliphatic hydroxyl groups is 1. The van der Waals surface area contributed by atoms with Crippen molar-refractivity contribution in [2.45, 2.75) is 57.4 Å². The van der Waals surface area contributed by atoms with Crippen LogP contribution in [0.3, 0.4) is 0 Å². The summed E-state index contributed by atoms with van der Waals surface area (Å²) in [5.74, 6) is -5.24. The van der Waals surface area contributed by atoms with Crippen molar-refractivity contribution >= 4 is 16.8 Å². The summed E-state index contributed by atoms with van der Waals surface area (Å²) in [6.45, 7) is -1.35. The van der Waals surface area contributed by atoms with Gasteiger partial charge in [0.1, 0.15) is 17.1 Å². The largest absolute Gasteiger partial charge is 0.496 e. The molecule has 1 amide bonds. The summed E-state index contributed by atoms with van der Waals surface area (Å²) in [7, 11) is 2.60. The number of methoxy groups -OCH3 is 1. The van der Waals surface area contributed by atoms with Gasteiger partial charge in [0.2, 0.25) is 0 Å². The number of nitrogens with zero attached hydrogens (tertiary/aromatic N) is 4. The Bertz CT molecular complexity index is 1670. The fourth-order valence-corrected chi connectivity index (χ4v) is 4.88. The number of fused-ring (bicyclic) bond motifs is 1. The van der Waals surface area contributed by atoms with Gasteiger partial charge in [-0.3, -0.25) is 14.2 Å². The normalized spacial score (nSPS) is 16.6. The third-order valence-corrected chi connectivity index (χ3v) is 7.08. The number of aryl methyl sites for hydroxylation is 2. The lowest BCUT2D eigenvalue weighted by Crippen LogP contribution is -2.30. The van der Waals surface area contributed by atoms with E-state index in [0.717, 1.165) is 13.2 Å². The summed E-state index contributed by atoms with van der Waals surface area (Å²) in [6, 6.07) is 3.65. The van der Waals surface area contributed by atoms with Crippen molar-refractivity contribution < 1.29 is 45.7 Å². The minimum absolute atomic E-state index is 0.0163. The van der Waals surface area contributed by atoms with Gasteiger partial charge in [-0.25, -0.2) is 17.6 Å². The third-order valence-electron chi connectivity index (χ3n) is 7.08. The Labute approximate surface area is 241 Å². The average Bonchev–Trinajstić information content (AvgIpc) is 3.24. The summed E-state index contributed by atoms with van der Waals surface area (Å²) in [5.41, 5.74) is 0.278. The fourth-order valence-electron chi connectivity index (χ4n) is 4.88. The number of alkyl halides is 6. The second-order valence-corrected chi connectivity index (χ2v) is 10.3. The van der Waals surface area contributed by atoms with E-state index in [-0.39, 0.29) is 27.9 Å². The van der Waals surface area contributed by atoms with E-state index in [1.165, 1.54) is 30.1 Å². The number of nitrogens with one attached hydrogen (secondary N) is 1. The maximum Gasteiger partial charge on any atom is 0.387 e. The summed E-state index contributed by atoms with van der Waals surface area (Å²) < 4.78 is 95.4. The Morgan fingerprint density at radius 2 is 1.84 bits per heavy atom. The van der Waals surface area contributed by atoms with Crippen molar-refractivity contribution in [1.82, 2.24) is 24.9 Å². The molecule has 5 rings (SSSR count). The number of rotatable bonds is 11. The number of aliphatic hydroxyl groups excluding tert-OH is 1. The molecule has 15 heteroatoms. The summed E-state index contributed by atoms with van der Waals surface area (Å²) in [6.07, 6.45) is -0.518. The Morgan fingerprint density at radius 1 is 1.14 bits per heavy atom. The lowest BCUT2D eigenvalue weighted by Gasteiger charge is -2.17. The Hall–Kier alpha value is -4.27. The van der Waals surface area contributed by atoms with Gasteiger partial charge in [0.15, 0.2) is 0 Å². The van der Waals surface area contributed by atoms with Gasteiger partial charge < -0.3 is 19.9 Å². The molecular formula is C28H27F6N5O4. The van der Waals surface area contributed by atoms with E-state index in [9.17, 15) is 36.2 Å². The van der Waals surface area contributed by atoms with Crippen molar-refractivity contribution in [3.63, 3.8) is 0 Å². The Kier molecular flexibility index (Phi) is 8.03. The van der Waals surface area contributed by atoms with Gasteiger partial charge in [0.25, 0.3) is 18.3 Å². The van der Waals surface area contributed by atoms with Crippen LogP contribution < -0.4 is 14.8 Å². The van der Waals surface area contributed by atoms with Crippen molar-refractivity contribution in [3.8, 4) is 33.9 Å². The third kappa shape index (κ3) is 6.12. The van der Waals surface area contributed by atoms with Crippen LogP contribution in [0.5, 0.6) is 11.5 Å². The van der Waals surface area contributed by atoms with Crippen LogP contribution in [0, 0.1) is 0 Å². The first-order chi connectivity index (χ1) is 20.3. The highest BCUT2D eigenvalue weighted by Gasteiger charge is 2.58. The van der Waals surface area contributed by atoms with Gasteiger partial charge >= 0.3 is 6.61 Å². The van der Waals surface area contributed by atoms with Crippen LogP contribution in [-0.4, -0.2) is 62.4 Å². The number of carbonyl (C=O) groups excluding carboxylic acids is 1. The lowest BCUT2D eigenvalue weighted by molar-refractivity contribution is -0.0502. The highest BCUT2D eigenvalue weighted by atomic mass is 19.3. The minimum atomic E-state index is -3.40. The van der Waals surface area contributed by atoms with Crippen LogP contribution in [0.4, 0.5) is 26.3 Å². The van der Waals surface area contributed by atoms with E-state index in [2.05, 4.69) is 20.3 Å². The summed E-state index contributed by atoms with van der Waals surface area (Å²) >= 11 is 0. The topological polar surface area (TPSA) is 103 Å². The van der Waals surface area contributed by atoms with E-state index >= 15 is 0 Å². The van der Waals surface area contributed by atoms with E-state index < -0.39 is 60.3 Å². The molecule has 4 aromatic rings. The maximum atomic E-state index is 14.5. The van der Waals surface area contributed by atoms with Crippen LogP contribution >= 0.6 is 0 Å². The first-order valence-corrected chi connectivity index (χ1v) is 13.1. The SMILES string of the molecule is COc1cc(-c2c3c(C(F)F)cc(-c4cnn(CC[C@@H](C)O)c4)cc3nn2C)cc(OC(F)F)c1C(=O)N[C@@H]1CC1(F)F. The van der Waals surface area contributed by atoms with Crippen LogP contribution in [0.1, 0.15) is 42.1 Å². The van der Waals surface area contributed by atoms with Gasteiger partial charge in [-0.15, -0.1) is 0 Å². The predicted molar refractivity (Wildman–Crippen MR) is 143 cm³/mol. The number of carbonyl (C=O) groups is 1. The monoisotopic (exact) mass is 611 g/mol. The minimum Gasteiger partial charge on any atom is -0.496 e. The van der Waals surface area contributed by atoms with Crippen molar-refractivity contribution in [2.75, 3.05) is 7.11 Å². The van der Waals surface area contributed by atoms with Crippen LogP contribution in [-0.2, 0) is 13.6 Å². The molecule has 1 aliphatic rings. The number of benzene rings is 2. The quantitative estimate of drug-likeness (QED) is 0.216. The highest BCUT2D eigenvalue weighted by Crippen LogP contribution is 2.44. The number of halogens is 6. The van der Waals surface area contributed by atoms with Gasteiger partial charge in [-0.05, 0) is 43.2 Å². The standard InChI is InChI=1S/C28H27F6N5O4/c1-13(40)4-5-39-12-16(11-35-39)14-6-17(25(29)30)22-18(7-14)37-38(2)24(22)15-8-19(42-3)23(20(9-15)43-27(31)32)26(41)36-21-10-28(21,33)34/h6-9,11-13,21,25,27,40H,4-5,10H2,1-3H3,(H,36,41)/t13-,21-/m1/s1. The molecule has 0 bridgehead atoms. The number of ether oxygens (including phenoxy) is 2. The van der Waals surface area contributed by atoms with E-state index in [1.807, 2.05) is 0 Å². The second-order valence-electron chi connectivity index (χ2n) is 10.3. The molecule has 1 aliphatic carbocycles. The van der Waals surface area contributed by atoms with Crippen molar-refractivity contribution in [2.24, 2.45) is 7.05 Å². The molecule has 2 N–H and O–H groups in total. The zero-order chi connectivity index (χ0) is 31.2. The second kappa shape index (κ2) is 11.4. The van der Waals surface area contributed by atoms with Gasteiger partial charge in [-0.1, -0.05) is 0 Å². The smallest absolute Gasteiger partial charge is 0.387 e. The van der Waals surface area contributed by atoms with Crippen LogP contribution in [0.25, 0.3) is 33.3 Å². The molecule has 2 aromatic heterocycles. The molecule has 0 unspecified atom stereocenters. The molecule has 230 valence electrons. The first-order valence-electron chi connectivity index (χ1n) is 13.1. The van der Waals surface area contributed by atoms with Crippen molar-refractivity contribution in [3.05, 3.63) is 47.8 Å². The lowest BCUT2D eigenvalue weighted by atomic mass is 9.97. The number of aromatic nitrogens is 4. The molecule has 2 aromatic carbocycles. The molecule has 0 saturated heterocycles. The zero-order valence-corrected chi connectivity index (χ0v) is 23.1.